The molecule has 1 aliphatic heterocycles. The Hall–Kier alpha value is -3.32. The fourth-order valence-electron chi connectivity index (χ4n) is 3.14. The lowest BCUT2D eigenvalue weighted by atomic mass is 9.94. The maximum atomic E-state index is 13.3. The molecule has 0 bridgehead atoms. The van der Waals surface area contributed by atoms with Crippen LogP contribution < -0.4 is 15.4 Å². The summed E-state index contributed by atoms with van der Waals surface area (Å²) in [5, 5.41) is 19.2. The molecule has 29 heavy (non-hydrogen) atoms. The Balaban J connectivity index is 1.48. The molecule has 0 saturated carbocycles. The monoisotopic (exact) mass is 412 g/mol. The van der Waals surface area contributed by atoms with Crippen LogP contribution in [-0.4, -0.2) is 23.3 Å². The van der Waals surface area contributed by atoms with Gasteiger partial charge in [0.2, 0.25) is 0 Å². The first-order valence-corrected chi connectivity index (χ1v) is 9.34. The molecule has 0 spiro atoms. The molecule has 148 valence electrons. The summed E-state index contributed by atoms with van der Waals surface area (Å²) in [7, 11) is 0. The van der Waals surface area contributed by atoms with Crippen LogP contribution in [0.1, 0.15) is 12.0 Å². The fourth-order valence-corrected chi connectivity index (χ4v) is 3.38. The van der Waals surface area contributed by atoms with Crippen LogP contribution in [0.25, 0.3) is 0 Å². The van der Waals surface area contributed by atoms with Gasteiger partial charge in [0.15, 0.2) is 0 Å². The Bertz CT molecular complexity index is 1050. The topological polar surface area (TPSA) is 78.2 Å². The fraction of sp³-hybridized carbons (Fsp3) is 0.143. The average Bonchev–Trinajstić information content (AvgIpc) is 2.73. The van der Waals surface area contributed by atoms with Gasteiger partial charge in [-0.05, 0) is 42.0 Å². The number of aliphatic imine (C=N–C) groups is 1. The van der Waals surface area contributed by atoms with Gasteiger partial charge in [0.25, 0.3) is 0 Å². The maximum absolute atomic E-state index is 13.3. The predicted molar refractivity (Wildman–Crippen MR) is 111 cm³/mol. The highest BCUT2D eigenvalue weighted by Gasteiger charge is 2.24. The van der Waals surface area contributed by atoms with Crippen LogP contribution in [-0.2, 0) is 6.61 Å². The summed E-state index contributed by atoms with van der Waals surface area (Å²) in [4.78, 5) is 4.37. The zero-order valence-electron chi connectivity index (χ0n) is 15.3. The van der Waals surface area contributed by atoms with Crippen molar-refractivity contribution in [2.24, 2.45) is 10.1 Å². The van der Waals surface area contributed by atoms with Crippen molar-refractivity contribution in [3.05, 3.63) is 82.4 Å². The van der Waals surface area contributed by atoms with Gasteiger partial charge in [-0.3, -0.25) is 4.99 Å². The number of oxime groups is 1. The number of ether oxygens (including phenoxy) is 1. The van der Waals surface area contributed by atoms with Crippen LogP contribution in [0.5, 0.6) is 5.75 Å². The van der Waals surface area contributed by atoms with Crippen molar-refractivity contribution in [3.63, 3.8) is 0 Å². The van der Waals surface area contributed by atoms with E-state index in [1.807, 2.05) is 12.1 Å². The Labute approximate surface area is 172 Å². The van der Waals surface area contributed by atoms with Gasteiger partial charge in [-0.15, -0.1) is 0 Å². The van der Waals surface area contributed by atoms with E-state index >= 15 is 0 Å². The third-order valence-corrected chi connectivity index (χ3v) is 4.87. The van der Waals surface area contributed by atoms with Gasteiger partial charge in [0.1, 0.15) is 24.0 Å². The number of halogens is 2. The standard InChI is InChI=1S/C21H18ClFN4O2/c22-18-10-15(5-7-20(18)29-11-13-2-1-3-14(23)8-13)26-21-17-9-16(27-28)4-6-19(17)24-12-25-21/h1-8,10,12,19,26,28H,9,11H2,(H,24,25). The van der Waals surface area contributed by atoms with Crippen molar-refractivity contribution in [1.29, 1.82) is 0 Å². The average molecular weight is 413 g/mol. The molecule has 2 aromatic rings. The van der Waals surface area contributed by atoms with Gasteiger partial charge < -0.3 is 20.6 Å². The van der Waals surface area contributed by atoms with Crippen molar-refractivity contribution < 1.29 is 14.3 Å². The van der Waals surface area contributed by atoms with Gasteiger partial charge in [0.05, 0.1) is 23.1 Å². The molecule has 0 aromatic heterocycles. The first kappa shape index (κ1) is 19.0. The first-order valence-electron chi connectivity index (χ1n) is 8.96. The minimum Gasteiger partial charge on any atom is -0.487 e. The number of benzene rings is 2. The second-order valence-electron chi connectivity index (χ2n) is 6.58. The van der Waals surface area contributed by atoms with Crippen LogP contribution >= 0.6 is 11.6 Å². The van der Waals surface area contributed by atoms with Crippen LogP contribution in [0.3, 0.4) is 0 Å². The number of anilines is 1. The molecule has 0 saturated heterocycles. The number of fused-ring (bicyclic) bond motifs is 1. The summed E-state index contributed by atoms with van der Waals surface area (Å²) < 4.78 is 19.0. The van der Waals surface area contributed by atoms with Gasteiger partial charge in [0, 0.05) is 17.7 Å². The summed E-state index contributed by atoms with van der Waals surface area (Å²) in [6, 6.07) is 11.5. The molecule has 1 heterocycles. The van der Waals surface area contributed by atoms with Crippen molar-refractivity contribution in [2.45, 2.75) is 19.1 Å². The van der Waals surface area contributed by atoms with E-state index in [2.05, 4.69) is 20.8 Å². The Morgan fingerprint density at radius 1 is 1.31 bits per heavy atom. The van der Waals surface area contributed by atoms with Crippen LogP contribution in [0.2, 0.25) is 5.02 Å². The zero-order valence-corrected chi connectivity index (χ0v) is 16.0. The van der Waals surface area contributed by atoms with Crippen molar-refractivity contribution in [2.75, 3.05) is 5.32 Å². The third kappa shape index (κ3) is 4.41. The smallest absolute Gasteiger partial charge is 0.138 e. The molecule has 0 amide bonds. The molecule has 2 aliphatic rings. The summed E-state index contributed by atoms with van der Waals surface area (Å²) in [6.45, 7) is 0.217. The van der Waals surface area contributed by atoms with E-state index in [1.54, 1.807) is 36.7 Å². The highest BCUT2D eigenvalue weighted by molar-refractivity contribution is 6.32. The number of hydrogen-bond acceptors (Lipinski definition) is 6. The normalized spacial score (nSPS) is 19.1. The molecule has 0 radical (unpaired) electrons. The zero-order chi connectivity index (χ0) is 20.2. The van der Waals surface area contributed by atoms with E-state index in [9.17, 15) is 4.39 Å². The SMILES string of the molecule is ON=C1C=CC2N=CNC(Nc3ccc(OCc4cccc(F)c4)c(Cl)c3)=C2C1. The lowest BCUT2D eigenvalue weighted by Gasteiger charge is -2.26. The highest BCUT2D eigenvalue weighted by Crippen LogP contribution is 2.30. The Kier molecular flexibility index (Phi) is 5.48. The van der Waals surface area contributed by atoms with Crippen molar-refractivity contribution in [1.82, 2.24) is 5.32 Å². The van der Waals surface area contributed by atoms with Crippen LogP contribution in [0, 0.1) is 5.82 Å². The van der Waals surface area contributed by atoms with Crippen molar-refractivity contribution in [3.8, 4) is 5.75 Å². The highest BCUT2D eigenvalue weighted by atomic mass is 35.5. The van der Waals surface area contributed by atoms with E-state index in [-0.39, 0.29) is 18.5 Å². The number of nitrogens with zero attached hydrogens (tertiary/aromatic N) is 2. The predicted octanol–water partition coefficient (Wildman–Crippen LogP) is 4.47. The molecule has 1 aliphatic carbocycles. The lowest BCUT2D eigenvalue weighted by Crippen LogP contribution is -2.31. The van der Waals surface area contributed by atoms with Gasteiger partial charge >= 0.3 is 0 Å². The molecule has 1 unspecified atom stereocenters. The maximum Gasteiger partial charge on any atom is 0.138 e. The third-order valence-electron chi connectivity index (χ3n) is 4.58. The summed E-state index contributed by atoms with van der Waals surface area (Å²) in [6.07, 6.45) is 5.74. The molecular formula is C21H18ClFN4O2. The largest absolute Gasteiger partial charge is 0.487 e. The molecule has 6 nitrogen and oxygen atoms in total. The minimum atomic E-state index is -0.306. The molecule has 3 N–H and O–H groups in total. The Morgan fingerprint density at radius 3 is 3.00 bits per heavy atom. The lowest BCUT2D eigenvalue weighted by molar-refractivity contribution is 0.306. The van der Waals surface area contributed by atoms with E-state index in [0.29, 0.717) is 22.9 Å². The molecule has 4 rings (SSSR count). The van der Waals surface area contributed by atoms with Crippen molar-refractivity contribution >= 4 is 29.3 Å². The van der Waals surface area contributed by atoms with Gasteiger partial charge in [-0.1, -0.05) is 35.0 Å². The van der Waals surface area contributed by atoms with Gasteiger partial charge in [-0.25, -0.2) is 4.39 Å². The molecule has 0 fully saturated rings. The van der Waals surface area contributed by atoms with Gasteiger partial charge in [-0.2, -0.15) is 0 Å². The second kappa shape index (κ2) is 8.36. The summed E-state index contributed by atoms with van der Waals surface area (Å²) >= 11 is 6.36. The van der Waals surface area contributed by atoms with Crippen LogP contribution in [0.4, 0.5) is 10.1 Å². The number of rotatable bonds is 5. The molecule has 2 aromatic carbocycles. The van der Waals surface area contributed by atoms with E-state index in [0.717, 1.165) is 22.6 Å². The number of nitrogens with one attached hydrogen (secondary N) is 2. The molecule has 8 heteroatoms. The second-order valence-corrected chi connectivity index (χ2v) is 6.99. The number of allylic oxidation sites excluding steroid dienone is 1. The quantitative estimate of drug-likeness (QED) is 0.500. The van der Waals surface area contributed by atoms with E-state index < -0.39 is 0 Å². The Morgan fingerprint density at radius 2 is 2.21 bits per heavy atom. The first-order chi connectivity index (χ1) is 14.1. The van der Waals surface area contributed by atoms with E-state index in [1.165, 1.54) is 12.1 Å². The molecular weight excluding hydrogens is 395 g/mol. The van der Waals surface area contributed by atoms with E-state index in [4.69, 9.17) is 21.5 Å². The minimum absolute atomic E-state index is 0.103. The summed E-state index contributed by atoms with van der Waals surface area (Å²) in [5.41, 5.74) is 3.01. The van der Waals surface area contributed by atoms with Crippen LogP contribution in [0.15, 0.2) is 76.2 Å². The number of hydrogen-bond donors (Lipinski definition) is 3. The summed E-state index contributed by atoms with van der Waals surface area (Å²) in [5.74, 6) is 0.963. The molecule has 1 atom stereocenters.